The third-order valence-corrected chi connectivity index (χ3v) is 5.75. The average Bonchev–Trinajstić information content (AvgIpc) is 2.78. The van der Waals surface area contributed by atoms with Gasteiger partial charge in [-0.15, -0.1) is 0 Å². The fraction of sp³-hybridized carbons (Fsp3) is 0.444. The fourth-order valence-electron chi connectivity index (χ4n) is 4.28. The Hall–Kier alpha value is -3.35. The predicted octanol–water partition coefficient (Wildman–Crippen LogP) is 5.50. The van der Waals surface area contributed by atoms with Crippen molar-refractivity contribution in [1.82, 2.24) is 4.90 Å². The third-order valence-electron chi connectivity index (χ3n) is 5.75. The van der Waals surface area contributed by atoms with E-state index in [1.807, 2.05) is 43.3 Å². The molecule has 2 aromatic rings. The number of esters is 1. The molecule has 34 heavy (non-hydrogen) atoms. The quantitative estimate of drug-likeness (QED) is 0.588. The molecule has 182 valence electrons. The van der Waals surface area contributed by atoms with E-state index >= 15 is 0 Å². The Bertz CT molecular complexity index is 1030. The zero-order valence-electron chi connectivity index (χ0n) is 20.6. The Morgan fingerprint density at radius 1 is 1.06 bits per heavy atom. The molecule has 3 rings (SSSR count). The SMILES string of the molecule is CCOC(=O)[C@H]1CCCN(C(=O)c2ccccc2C)[C@H]1c1ccc(NC(=O)OC(C)(C)C)cc1. The number of likely N-dealkylation sites (tertiary alicyclic amines) is 1. The number of hydrogen-bond acceptors (Lipinski definition) is 5. The molecule has 1 heterocycles. The number of amides is 2. The van der Waals surface area contributed by atoms with E-state index in [0.29, 0.717) is 24.2 Å². The second kappa shape index (κ2) is 10.7. The van der Waals surface area contributed by atoms with Crippen molar-refractivity contribution < 1.29 is 23.9 Å². The largest absolute Gasteiger partial charge is 0.466 e. The van der Waals surface area contributed by atoms with Crippen molar-refractivity contribution in [3.05, 3.63) is 65.2 Å². The van der Waals surface area contributed by atoms with Crippen LogP contribution in [0.15, 0.2) is 48.5 Å². The van der Waals surface area contributed by atoms with Gasteiger partial charge in [0, 0.05) is 17.8 Å². The van der Waals surface area contributed by atoms with Crippen LogP contribution in [-0.4, -0.2) is 41.6 Å². The van der Waals surface area contributed by atoms with Gasteiger partial charge in [0.1, 0.15) is 5.60 Å². The van der Waals surface area contributed by atoms with Crippen molar-refractivity contribution in [2.45, 2.75) is 59.1 Å². The van der Waals surface area contributed by atoms with E-state index in [2.05, 4.69) is 5.32 Å². The summed E-state index contributed by atoms with van der Waals surface area (Å²) in [4.78, 5) is 40.3. The van der Waals surface area contributed by atoms with Gasteiger partial charge in [0.2, 0.25) is 0 Å². The number of carbonyl (C=O) groups is 3. The van der Waals surface area contributed by atoms with Crippen molar-refractivity contribution in [3.63, 3.8) is 0 Å². The predicted molar refractivity (Wildman–Crippen MR) is 131 cm³/mol. The summed E-state index contributed by atoms with van der Waals surface area (Å²) in [7, 11) is 0. The number of ether oxygens (including phenoxy) is 2. The minimum absolute atomic E-state index is 0.104. The highest BCUT2D eigenvalue weighted by atomic mass is 16.6. The summed E-state index contributed by atoms with van der Waals surface area (Å²) in [5, 5.41) is 2.72. The first kappa shape index (κ1) is 25.3. The highest BCUT2D eigenvalue weighted by Gasteiger charge is 2.40. The molecule has 7 nitrogen and oxygen atoms in total. The van der Waals surface area contributed by atoms with Gasteiger partial charge in [0.25, 0.3) is 5.91 Å². The zero-order chi connectivity index (χ0) is 24.9. The summed E-state index contributed by atoms with van der Waals surface area (Å²) in [5.41, 5.74) is 2.30. The lowest BCUT2D eigenvalue weighted by Crippen LogP contribution is -2.45. The van der Waals surface area contributed by atoms with Crippen LogP contribution in [0.3, 0.4) is 0 Å². The van der Waals surface area contributed by atoms with Crippen molar-refractivity contribution in [1.29, 1.82) is 0 Å². The summed E-state index contributed by atoms with van der Waals surface area (Å²) >= 11 is 0. The molecule has 0 spiro atoms. The molecule has 1 fully saturated rings. The van der Waals surface area contributed by atoms with Gasteiger partial charge >= 0.3 is 12.1 Å². The summed E-state index contributed by atoms with van der Waals surface area (Å²) in [6.07, 6.45) is 0.813. The van der Waals surface area contributed by atoms with E-state index in [0.717, 1.165) is 17.5 Å². The smallest absolute Gasteiger partial charge is 0.412 e. The topological polar surface area (TPSA) is 84.9 Å². The molecule has 1 saturated heterocycles. The normalized spacial score (nSPS) is 18.2. The monoisotopic (exact) mass is 466 g/mol. The third kappa shape index (κ3) is 6.16. The van der Waals surface area contributed by atoms with E-state index in [9.17, 15) is 14.4 Å². The molecular weight excluding hydrogens is 432 g/mol. The van der Waals surface area contributed by atoms with E-state index in [-0.39, 0.29) is 18.5 Å². The molecule has 2 amide bonds. The zero-order valence-corrected chi connectivity index (χ0v) is 20.6. The Morgan fingerprint density at radius 3 is 2.35 bits per heavy atom. The molecule has 0 unspecified atom stereocenters. The molecule has 1 aliphatic rings. The highest BCUT2D eigenvalue weighted by Crippen LogP contribution is 2.38. The maximum absolute atomic E-state index is 13.6. The number of benzene rings is 2. The Labute approximate surface area is 201 Å². The van der Waals surface area contributed by atoms with Crippen LogP contribution in [-0.2, 0) is 14.3 Å². The van der Waals surface area contributed by atoms with Crippen LogP contribution in [0.4, 0.5) is 10.5 Å². The number of carbonyl (C=O) groups excluding carboxylic acids is 3. The second-order valence-corrected chi connectivity index (χ2v) is 9.51. The fourth-order valence-corrected chi connectivity index (χ4v) is 4.28. The number of nitrogens with one attached hydrogen (secondary N) is 1. The number of rotatable bonds is 5. The van der Waals surface area contributed by atoms with Gasteiger partial charge in [-0.05, 0) is 76.8 Å². The van der Waals surface area contributed by atoms with Crippen LogP contribution >= 0.6 is 0 Å². The van der Waals surface area contributed by atoms with Crippen molar-refractivity contribution in [2.75, 3.05) is 18.5 Å². The lowest BCUT2D eigenvalue weighted by Gasteiger charge is -2.40. The molecule has 0 radical (unpaired) electrons. The van der Waals surface area contributed by atoms with Crippen LogP contribution < -0.4 is 5.32 Å². The first-order chi connectivity index (χ1) is 16.1. The van der Waals surface area contributed by atoms with Gasteiger partial charge in [-0.25, -0.2) is 4.79 Å². The van der Waals surface area contributed by atoms with Gasteiger partial charge in [-0.3, -0.25) is 14.9 Å². The standard InChI is InChI=1S/C27H34N2O5/c1-6-33-25(31)22-12-9-17-29(24(30)21-11-8-7-10-18(21)2)23(22)19-13-15-20(16-14-19)28-26(32)34-27(3,4)5/h7-8,10-11,13-16,22-23H,6,9,12,17H2,1-5H3,(H,28,32)/t22-,23-/m0/s1. The Balaban J connectivity index is 1.91. The Kier molecular flexibility index (Phi) is 7.97. The molecule has 0 bridgehead atoms. The van der Waals surface area contributed by atoms with Crippen molar-refractivity contribution in [3.8, 4) is 0 Å². The molecule has 1 N–H and O–H groups in total. The number of aryl methyl sites for hydroxylation is 1. The maximum Gasteiger partial charge on any atom is 0.412 e. The van der Waals surface area contributed by atoms with E-state index in [4.69, 9.17) is 9.47 Å². The highest BCUT2D eigenvalue weighted by molar-refractivity contribution is 5.96. The number of nitrogens with zero attached hydrogens (tertiary/aromatic N) is 1. The Morgan fingerprint density at radius 2 is 1.74 bits per heavy atom. The van der Waals surface area contributed by atoms with Crippen molar-refractivity contribution >= 4 is 23.7 Å². The lowest BCUT2D eigenvalue weighted by molar-refractivity contribution is -0.151. The summed E-state index contributed by atoms with van der Waals surface area (Å²) in [6.45, 7) is 9.92. The molecule has 2 aromatic carbocycles. The number of piperidine rings is 1. The van der Waals surface area contributed by atoms with Crippen LogP contribution in [0.2, 0.25) is 0 Å². The van der Waals surface area contributed by atoms with Gasteiger partial charge < -0.3 is 14.4 Å². The average molecular weight is 467 g/mol. The van der Waals surface area contributed by atoms with Gasteiger partial charge in [-0.2, -0.15) is 0 Å². The molecule has 0 aliphatic carbocycles. The number of hydrogen-bond donors (Lipinski definition) is 1. The summed E-state index contributed by atoms with van der Waals surface area (Å²) in [6, 6.07) is 14.2. The minimum Gasteiger partial charge on any atom is -0.466 e. The van der Waals surface area contributed by atoms with Crippen molar-refractivity contribution in [2.24, 2.45) is 5.92 Å². The van der Waals surface area contributed by atoms with E-state index in [1.54, 1.807) is 44.7 Å². The molecule has 0 saturated carbocycles. The van der Waals surface area contributed by atoms with Gasteiger partial charge in [0.05, 0.1) is 18.6 Å². The van der Waals surface area contributed by atoms with Gasteiger partial charge in [0.15, 0.2) is 0 Å². The van der Waals surface area contributed by atoms with Crippen LogP contribution in [0.1, 0.15) is 68.1 Å². The molecule has 2 atom stereocenters. The maximum atomic E-state index is 13.6. The molecule has 7 heteroatoms. The van der Waals surface area contributed by atoms with Crippen LogP contribution in [0.25, 0.3) is 0 Å². The van der Waals surface area contributed by atoms with Crippen LogP contribution in [0, 0.1) is 12.8 Å². The minimum atomic E-state index is -0.602. The molecule has 1 aliphatic heterocycles. The van der Waals surface area contributed by atoms with E-state index in [1.165, 1.54) is 0 Å². The summed E-state index contributed by atoms with van der Waals surface area (Å²) in [5.74, 6) is -0.870. The molecule has 0 aromatic heterocycles. The van der Waals surface area contributed by atoms with Crippen LogP contribution in [0.5, 0.6) is 0 Å². The first-order valence-corrected chi connectivity index (χ1v) is 11.7. The summed E-state index contributed by atoms with van der Waals surface area (Å²) < 4.78 is 10.7. The molecular formula is C27H34N2O5. The van der Waals surface area contributed by atoms with Gasteiger partial charge in [-0.1, -0.05) is 30.3 Å². The number of anilines is 1. The lowest BCUT2D eigenvalue weighted by atomic mass is 9.84. The van der Waals surface area contributed by atoms with E-state index < -0.39 is 23.7 Å². The first-order valence-electron chi connectivity index (χ1n) is 11.7. The second-order valence-electron chi connectivity index (χ2n) is 9.51.